The number of aromatic nitrogens is 4. The van der Waals surface area contributed by atoms with E-state index >= 15 is 0 Å². The van der Waals surface area contributed by atoms with Crippen LogP contribution < -0.4 is 9.80 Å². The third kappa shape index (κ3) is 3.69. The number of anilines is 2. The smallest absolute Gasteiger partial charge is 0.433 e. The Morgan fingerprint density at radius 3 is 2.22 bits per heavy atom. The van der Waals surface area contributed by atoms with Gasteiger partial charge in [0, 0.05) is 32.2 Å². The molecule has 3 aromatic heterocycles. The van der Waals surface area contributed by atoms with Crippen LogP contribution in [0.1, 0.15) is 5.69 Å². The zero-order valence-electron chi connectivity index (χ0n) is 14.1. The van der Waals surface area contributed by atoms with Crippen LogP contribution in [-0.4, -0.2) is 46.3 Å². The average molecular weight is 376 g/mol. The van der Waals surface area contributed by atoms with Crippen molar-refractivity contribution in [2.45, 2.75) is 6.18 Å². The van der Waals surface area contributed by atoms with Gasteiger partial charge in [-0.15, -0.1) is 10.2 Å². The molecule has 1 aliphatic rings. The molecular weight excluding hydrogens is 361 g/mol. The molecule has 0 spiro atoms. The van der Waals surface area contributed by atoms with E-state index in [1.807, 2.05) is 17.0 Å². The van der Waals surface area contributed by atoms with Crippen molar-refractivity contribution in [1.82, 2.24) is 20.2 Å². The Morgan fingerprint density at radius 1 is 0.889 bits per heavy atom. The molecule has 0 atom stereocenters. The van der Waals surface area contributed by atoms with Crippen LogP contribution in [0.4, 0.5) is 24.8 Å². The van der Waals surface area contributed by atoms with Gasteiger partial charge in [-0.1, -0.05) is 0 Å². The molecular formula is C17H15F3N6O. The summed E-state index contributed by atoms with van der Waals surface area (Å²) in [6, 6.07) is 8.25. The second kappa shape index (κ2) is 6.86. The average Bonchev–Trinajstić information content (AvgIpc) is 3.23. The molecule has 0 N–H and O–H groups in total. The van der Waals surface area contributed by atoms with Gasteiger partial charge in [0.05, 0.1) is 6.26 Å². The van der Waals surface area contributed by atoms with Crippen LogP contribution in [-0.2, 0) is 6.18 Å². The van der Waals surface area contributed by atoms with Crippen molar-refractivity contribution in [2.24, 2.45) is 0 Å². The lowest BCUT2D eigenvalue weighted by Crippen LogP contribution is -2.47. The maximum Gasteiger partial charge on any atom is 0.433 e. The highest BCUT2D eigenvalue weighted by Gasteiger charge is 2.33. The molecule has 10 heteroatoms. The lowest BCUT2D eigenvalue weighted by molar-refractivity contribution is -0.141. The highest BCUT2D eigenvalue weighted by Crippen LogP contribution is 2.29. The molecule has 1 fully saturated rings. The molecule has 1 aliphatic heterocycles. The predicted molar refractivity (Wildman–Crippen MR) is 91.2 cm³/mol. The maximum atomic E-state index is 12.8. The van der Waals surface area contributed by atoms with Crippen LogP contribution in [0.3, 0.4) is 0 Å². The first-order valence-corrected chi connectivity index (χ1v) is 8.27. The molecule has 7 nitrogen and oxygen atoms in total. The number of furan rings is 1. The molecule has 0 aliphatic carbocycles. The second-order valence-electron chi connectivity index (χ2n) is 5.99. The monoisotopic (exact) mass is 376 g/mol. The van der Waals surface area contributed by atoms with Crippen LogP contribution in [0, 0.1) is 0 Å². The van der Waals surface area contributed by atoms with E-state index in [1.165, 1.54) is 0 Å². The van der Waals surface area contributed by atoms with Crippen molar-refractivity contribution >= 4 is 11.6 Å². The van der Waals surface area contributed by atoms with Gasteiger partial charge in [-0.2, -0.15) is 13.2 Å². The van der Waals surface area contributed by atoms with Crippen molar-refractivity contribution < 1.29 is 17.6 Å². The van der Waals surface area contributed by atoms with E-state index in [-0.39, 0.29) is 5.82 Å². The van der Waals surface area contributed by atoms with Crippen molar-refractivity contribution in [1.29, 1.82) is 0 Å². The van der Waals surface area contributed by atoms with Gasteiger partial charge in [0.1, 0.15) is 23.5 Å². The normalized spacial score (nSPS) is 15.2. The third-order valence-corrected chi connectivity index (χ3v) is 4.29. The number of rotatable bonds is 3. The Labute approximate surface area is 152 Å². The number of piperazine rings is 1. The molecule has 4 heterocycles. The SMILES string of the molecule is FC(F)(F)c1cc(N2CCN(c3ccc(-c4ccco4)nn3)CC2)ncn1. The second-order valence-corrected chi connectivity index (χ2v) is 5.99. The summed E-state index contributed by atoms with van der Waals surface area (Å²) in [5.41, 5.74) is -0.294. The topological polar surface area (TPSA) is 71.2 Å². The summed E-state index contributed by atoms with van der Waals surface area (Å²) in [5, 5.41) is 8.39. The lowest BCUT2D eigenvalue weighted by Gasteiger charge is -2.35. The van der Waals surface area contributed by atoms with E-state index in [2.05, 4.69) is 20.2 Å². The Morgan fingerprint density at radius 2 is 1.63 bits per heavy atom. The molecule has 3 aromatic rings. The van der Waals surface area contributed by atoms with Crippen LogP contribution in [0.5, 0.6) is 0 Å². The minimum atomic E-state index is -4.48. The number of hydrogen-bond donors (Lipinski definition) is 0. The van der Waals surface area contributed by atoms with Gasteiger partial charge >= 0.3 is 6.18 Å². The van der Waals surface area contributed by atoms with Crippen LogP contribution in [0.25, 0.3) is 11.5 Å². The molecule has 4 rings (SSSR count). The fourth-order valence-electron chi connectivity index (χ4n) is 2.89. The van der Waals surface area contributed by atoms with Crippen molar-refractivity contribution in [3.63, 3.8) is 0 Å². The first-order chi connectivity index (χ1) is 13.0. The number of nitrogens with zero attached hydrogens (tertiary/aromatic N) is 6. The third-order valence-electron chi connectivity index (χ3n) is 4.29. The van der Waals surface area contributed by atoms with Gasteiger partial charge < -0.3 is 14.2 Å². The highest BCUT2D eigenvalue weighted by molar-refractivity contribution is 5.53. The van der Waals surface area contributed by atoms with Gasteiger partial charge in [-0.05, 0) is 24.3 Å². The fourth-order valence-corrected chi connectivity index (χ4v) is 2.89. The summed E-state index contributed by atoms with van der Waals surface area (Å²) in [6.45, 7) is 2.24. The van der Waals surface area contributed by atoms with Crippen molar-refractivity contribution in [3.8, 4) is 11.5 Å². The summed E-state index contributed by atoms with van der Waals surface area (Å²) in [6.07, 6.45) is -1.96. The molecule has 0 saturated carbocycles. The lowest BCUT2D eigenvalue weighted by atomic mass is 10.2. The van der Waals surface area contributed by atoms with Gasteiger partial charge in [-0.25, -0.2) is 9.97 Å². The molecule has 0 radical (unpaired) electrons. The van der Waals surface area contributed by atoms with Crippen molar-refractivity contribution in [3.05, 3.63) is 48.6 Å². The van der Waals surface area contributed by atoms with E-state index in [0.717, 1.165) is 12.4 Å². The zero-order chi connectivity index (χ0) is 18.9. The molecule has 1 saturated heterocycles. The number of halogens is 3. The van der Waals surface area contributed by atoms with Crippen LogP contribution in [0.2, 0.25) is 0 Å². The minimum absolute atomic E-state index is 0.274. The Hall–Kier alpha value is -3.17. The Bertz CT molecular complexity index is 890. The fraction of sp³-hybridized carbons (Fsp3) is 0.294. The predicted octanol–water partition coefficient (Wildman–Crippen LogP) is 2.87. The maximum absolute atomic E-state index is 12.8. The van der Waals surface area contributed by atoms with Crippen LogP contribution >= 0.6 is 0 Å². The van der Waals surface area contributed by atoms with E-state index in [1.54, 1.807) is 23.3 Å². The summed E-state index contributed by atoms with van der Waals surface area (Å²) in [4.78, 5) is 11.1. The summed E-state index contributed by atoms with van der Waals surface area (Å²) < 4.78 is 43.7. The zero-order valence-corrected chi connectivity index (χ0v) is 14.1. The molecule has 0 bridgehead atoms. The standard InChI is InChI=1S/C17H15F3N6O/c18-17(19,20)14-10-16(22-11-21-14)26-7-5-25(6-8-26)15-4-3-12(23-24-15)13-2-1-9-27-13/h1-4,9-11H,5-8H2. The van der Waals surface area contributed by atoms with Gasteiger partial charge in [-0.3, -0.25) is 0 Å². The molecule has 0 amide bonds. The Kier molecular flexibility index (Phi) is 4.38. The van der Waals surface area contributed by atoms with E-state index < -0.39 is 11.9 Å². The molecule has 0 aromatic carbocycles. The van der Waals surface area contributed by atoms with Gasteiger partial charge in [0.25, 0.3) is 0 Å². The molecule has 27 heavy (non-hydrogen) atoms. The number of hydrogen-bond acceptors (Lipinski definition) is 7. The van der Waals surface area contributed by atoms with Crippen molar-refractivity contribution in [2.75, 3.05) is 36.0 Å². The minimum Gasteiger partial charge on any atom is -0.463 e. The quantitative estimate of drug-likeness (QED) is 0.696. The van der Waals surface area contributed by atoms with E-state index in [4.69, 9.17) is 4.42 Å². The first-order valence-electron chi connectivity index (χ1n) is 8.27. The summed E-state index contributed by atoms with van der Waals surface area (Å²) in [5.74, 6) is 1.63. The van der Waals surface area contributed by atoms with E-state index in [9.17, 15) is 13.2 Å². The van der Waals surface area contributed by atoms with Gasteiger partial charge in [0.2, 0.25) is 0 Å². The number of alkyl halides is 3. The first kappa shape index (κ1) is 17.3. The summed E-state index contributed by atoms with van der Waals surface area (Å²) >= 11 is 0. The molecule has 0 unspecified atom stereocenters. The highest BCUT2D eigenvalue weighted by atomic mass is 19.4. The molecule has 140 valence electrons. The Balaban J connectivity index is 1.42. The largest absolute Gasteiger partial charge is 0.463 e. The summed E-state index contributed by atoms with van der Waals surface area (Å²) in [7, 11) is 0. The van der Waals surface area contributed by atoms with E-state index in [0.29, 0.717) is 43.5 Å². The van der Waals surface area contributed by atoms with Gasteiger partial charge in [0.15, 0.2) is 11.6 Å². The van der Waals surface area contributed by atoms with Crippen LogP contribution in [0.15, 0.2) is 47.3 Å².